The Bertz CT molecular complexity index is 904. The third-order valence-corrected chi connectivity index (χ3v) is 5.17. The number of phenols is 3. The molecule has 28 heavy (non-hydrogen) atoms. The molecule has 3 rings (SSSR count). The molecule has 0 atom stereocenters. The Kier molecular flexibility index (Phi) is 5.86. The van der Waals surface area contributed by atoms with Gasteiger partial charge in [-0.1, -0.05) is 23.2 Å². The van der Waals surface area contributed by atoms with Crippen LogP contribution in [0.25, 0.3) is 0 Å². The van der Waals surface area contributed by atoms with Gasteiger partial charge in [-0.15, -0.1) is 0 Å². The Morgan fingerprint density at radius 2 is 1.61 bits per heavy atom. The van der Waals surface area contributed by atoms with Crippen LogP contribution >= 0.6 is 23.2 Å². The first kappa shape index (κ1) is 20.1. The van der Waals surface area contributed by atoms with Crippen LogP contribution < -0.4 is 5.32 Å². The molecular weight excluding hydrogens is 407 g/mol. The van der Waals surface area contributed by atoms with Crippen molar-refractivity contribution in [3.8, 4) is 17.2 Å². The largest absolute Gasteiger partial charge is 0.504 e. The highest BCUT2D eigenvalue weighted by atomic mass is 35.5. The van der Waals surface area contributed by atoms with Gasteiger partial charge in [0.05, 0.1) is 10.6 Å². The second-order valence-electron chi connectivity index (χ2n) is 6.53. The van der Waals surface area contributed by atoms with Gasteiger partial charge in [-0.3, -0.25) is 9.59 Å². The maximum atomic E-state index is 12.6. The summed E-state index contributed by atoms with van der Waals surface area (Å²) >= 11 is 12.0. The molecule has 1 aliphatic heterocycles. The van der Waals surface area contributed by atoms with Crippen LogP contribution in [0.3, 0.4) is 0 Å². The molecule has 0 spiro atoms. The summed E-state index contributed by atoms with van der Waals surface area (Å²) in [6.45, 7) is 0.859. The highest BCUT2D eigenvalue weighted by molar-refractivity contribution is 6.35. The topological polar surface area (TPSA) is 110 Å². The molecule has 0 radical (unpaired) electrons. The van der Waals surface area contributed by atoms with E-state index < -0.39 is 23.2 Å². The van der Waals surface area contributed by atoms with Crippen molar-refractivity contribution in [2.24, 2.45) is 0 Å². The molecule has 7 nitrogen and oxygen atoms in total. The first-order valence-electron chi connectivity index (χ1n) is 8.56. The highest BCUT2D eigenvalue weighted by Crippen LogP contribution is 2.35. The van der Waals surface area contributed by atoms with Crippen molar-refractivity contribution >= 4 is 35.0 Å². The predicted molar refractivity (Wildman–Crippen MR) is 104 cm³/mol. The van der Waals surface area contributed by atoms with Gasteiger partial charge in [0.25, 0.3) is 11.8 Å². The number of nitrogens with zero attached hydrogens (tertiary/aromatic N) is 1. The van der Waals surface area contributed by atoms with Gasteiger partial charge in [0.1, 0.15) is 0 Å². The number of piperidine rings is 1. The minimum atomic E-state index is -0.678. The average molecular weight is 425 g/mol. The number of likely N-dealkylation sites (tertiary alicyclic amines) is 1. The second kappa shape index (κ2) is 8.16. The van der Waals surface area contributed by atoms with Crippen LogP contribution in [0.15, 0.2) is 30.3 Å². The van der Waals surface area contributed by atoms with E-state index in [-0.39, 0.29) is 17.5 Å². The predicted octanol–water partition coefficient (Wildman–Crippen LogP) is 3.14. The van der Waals surface area contributed by atoms with Crippen molar-refractivity contribution in [3.05, 3.63) is 51.5 Å². The maximum absolute atomic E-state index is 12.6. The smallest absolute Gasteiger partial charge is 0.255 e. The molecule has 0 bridgehead atoms. The second-order valence-corrected chi connectivity index (χ2v) is 7.37. The Morgan fingerprint density at radius 3 is 2.21 bits per heavy atom. The molecule has 1 fully saturated rings. The highest BCUT2D eigenvalue weighted by Gasteiger charge is 2.26. The summed E-state index contributed by atoms with van der Waals surface area (Å²) in [5.41, 5.74) is 0.365. The standard InChI is InChI=1S/C19H18Cl2N2O5/c20-11-1-2-14(21)13(9-11)19(28)23-5-3-12(4-6-23)22-18(27)10-7-15(24)17(26)16(25)8-10/h1-2,7-9,12,24-26H,3-6H2,(H,22,27). The Hall–Kier alpha value is -2.64. The fourth-order valence-corrected chi connectivity index (χ4v) is 3.43. The van der Waals surface area contributed by atoms with Crippen LogP contribution in [0.5, 0.6) is 17.2 Å². The molecule has 1 aliphatic rings. The van der Waals surface area contributed by atoms with Gasteiger partial charge < -0.3 is 25.5 Å². The van der Waals surface area contributed by atoms with Crippen molar-refractivity contribution in [1.29, 1.82) is 0 Å². The number of halogens is 2. The molecule has 0 aromatic heterocycles. The lowest BCUT2D eigenvalue weighted by Gasteiger charge is -2.32. The summed E-state index contributed by atoms with van der Waals surface area (Å²) in [4.78, 5) is 26.6. The van der Waals surface area contributed by atoms with E-state index in [2.05, 4.69) is 5.32 Å². The lowest BCUT2D eigenvalue weighted by Crippen LogP contribution is -2.46. The minimum absolute atomic E-state index is 0.0250. The lowest BCUT2D eigenvalue weighted by molar-refractivity contribution is 0.0698. The van der Waals surface area contributed by atoms with Crippen LogP contribution in [-0.2, 0) is 0 Å². The van der Waals surface area contributed by atoms with Crippen LogP contribution in [0, 0.1) is 0 Å². The molecule has 2 aromatic carbocycles. The van der Waals surface area contributed by atoms with E-state index in [1.807, 2.05) is 0 Å². The summed E-state index contributed by atoms with van der Waals surface area (Å²) in [7, 11) is 0. The third kappa shape index (κ3) is 4.26. The van der Waals surface area contributed by atoms with Crippen molar-refractivity contribution in [1.82, 2.24) is 10.2 Å². The third-order valence-electron chi connectivity index (χ3n) is 4.61. The molecule has 2 aromatic rings. The number of phenolic OH excluding ortho intramolecular Hbond substituents is 3. The number of carbonyl (C=O) groups is 2. The first-order valence-corrected chi connectivity index (χ1v) is 9.32. The van der Waals surface area contributed by atoms with Crippen LogP contribution in [0.4, 0.5) is 0 Å². The number of aromatic hydroxyl groups is 3. The van der Waals surface area contributed by atoms with E-state index >= 15 is 0 Å². The number of hydrogen-bond donors (Lipinski definition) is 4. The number of hydrogen-bond acceptors (Lipinski definition) is 5. The number of benzene rings is 2. The van der Waals surface area contributed by atoms with E-state index in [1.54, 1.807) is 17.0 Å². The summed E-state index contributed by atoms with van der Waals surface area (Å²) in [6.07, 6.45) is 1.07. The zero-order chi connectivity index (χ0) is 20.4. The quantitative estimate of drug-likeness (QED) is 0.565. The maximum Gasteiger partial charge on any atom is 0.255 e. The van der Waals surface area contributed by atoms with E-state index in [9.17, 15) is 24.9 Å². The molecule has 148 valence electrons. The normalized spacial score (nSPS) is 14.7. The lowest BCUT2D eigenvalue weighted by atomic mass is 10.0. The molecule has 4 N–H and O–H groups in total. The minimum Gasteiger partial charge on any atom is -0.504 e. The molecule has 9 heteroatoms. The SMILES string of the molecule is O=C(NC1CCN(C(=O)c2cc(Cl)ccc2Cl)CC1)c1cc(O)c(O)c(O)c1. The number of rotatable bonds is 3. The fourth-order valence-electron chi connectivity index (χ4n) is 3.06. The van der Waals surface area contributed by atoms with Crippen LogP contribution in [-0.4, -0.2) is 51.2 Å². The van der Waals surface area contributed by atoms with Gasteiger partial charge in [0.15, 0.2) is 17.2 Å². The molecule has 2 amide bonds. The van der Waals surface area contributed by atoms with Gasteiger partial charge in [0.2, 0.25) is 0 Å². The molecule has 0 aliphatic carbocycles. The van der Waals surface area contributed by atoms with Gasteiger partial charge >= 0.3 is 0 Å². The van der Waals surface area contributed by atoms with E-state index in [0.717, 1.165) is 12.1 Å². The molecule has 0 unspecified atom stereocenters. The number of amides is 2. The number of nitrogens with one attached hydrogen (secondary N) is 1. The molecule has 0 saturated carbocycles. The van der Waals surface area contributed by atoms with Gasteiger partial charge in [-0.2, -0.15) is 0 Å². The first-order chi connectivity index (χ1) is 13.3. The average Bonchev–Trinajstić information content (AvgIpc) is 2.67. The summed E-state index contributed by atoms with van der Waals surface area (Å²) in [5, 5.41) is 32.0. The van der Waals surface area contributed by atoms with E-state index in [0.29, 0.717) is 41.5 Å². The Morgan fingerprint density at radius 1 is 1.00 bits per heavy atom. The molecular formula is C19H18Cl2N2O5. The Balaban J connectivity index is 1.60. The van der Waals surface area contributed by atoms with Crippen LogP contribution in [0.1, 0.15) is 33.6 Å². The monoisotopic (exact) mass is 424 g/mol. The van der Waals surface area contributed by atoms with Gasteiger partial charge in [-0.05, 0) is 43.2 Å². The summed E-state index contributed by atoms with van der Waals surface area (Å²) in [5.74, 6) is -2.55. The zero-order valence-electron chi connectivity index (χ0n) is 14.7. The van der Waals surface area contributed by atoms with Crippen molar-refractivity contribution in [2.75, 3.05) is 13.1 Å². The van der Waals surface area contributed by atoms with Crippen molar-refractivity contribution in [2.45, 2.75) is 18.9 Å². The fraction of sp³-hybridized carbons (Fsp3) is 0.263. The van der Waals surface area contributed by atoms with Crippen molar-refractivity contribution < 1.29 is 24.9 Å². The van der Waals surface area contributed by atoms with Crippen molar-refractivity contribution in [3.63, 3.8) is 0 Å². The zero-order valence-corrected chi connectivity index (χ0v) is 16.2. The van der Waals surface area contributed by atoms with Crippen LogP contribution in [0.2, 0.25) is 10.0 Å². The van der Waals surface area contributed by atoms with Gasteiger partial charge in [-0.25, -0.2) is 0 Å². The molecule has 1 saturated heterocycles. The molecule has 1 heterocycles. The van der Waals surface area contributed by atoms with E-state index in [4.69, 9.17) is 23.2 Å². The van der Waals surface area contributed by atoms with E-state index in [1.165, 1.54) is 6.07 Å². The number of carbonyl (C=O) groups excluding carboxylic acids is 2. The summed E-state index contributed by atoms with van der Waals surface area (Å²) in [6, 6.07) is 6.69. The van der Waals surface area contributed by atoms with Gasteiger partial charge in [0, 0.05) is 29.7 Å². The Labute approximate surface area is 171 Å². The summed E-state index contributed by atoms with van der Waals surface area (Å²) < 4.78 is 0.